The third kappa shape index (κ3) is 7.09. The largest absolute Gasteiger partial charge is 0.454 e. The summed E-state index contributed by atoms with van der Waals surface area (Å²) < 4.78 is 40.6. The van der Waals surface area contributed by atoms with Gasteiger partial charge in [-0.1, -0.05) is 0 Å². The molecule has 0 saturated heterocycles. The van der Waals surface area contributed by atoms with E-state index in [1.807, 2.05) is 6.92 Å². The molecule has 0 spiro atoms. The number of aliphatic imine (C=N–C) groups is 1. The lowest BCUT2D eigenvalue weighted by atomic mass is 10.1. The molecule has 0 aromatic heterocycles. The number of fused-ring (bicyclic) bond motifs is 1. The van der Waals surface area contributed by atoms with Crippen LogP contribution < -0.4 is 30.2 Å². The van der Waals surface area contributed by atoms with Crippen LogP contribution in [-0.2, 0) is 6.54 Å². The van der Waals surface area contributed by atoms with Crippen molar-refractivity contribution in [2.24, 2.45) is 4.99 Å². The van der Waals surface area contributed by atoms with E-state index in [1.165, 1.54) is 6.07 Å². The highest BCUT2D eigenvalue weighted by molar-refractivity contribution is 5.79. The third-order valence-electron chi connectivity index (χ3n) is 3.60. The Labute approximate surface area is 158 Å². The van der Waals surface area contributed by atoms with Gasteiger partial charge in [-0.15, -0.1) is 0 Å². The zero-order chi connectivity index (χ0) is 19.9. The Morgan fingerprint density at radius 3 is 2.52 bits per heavy atom. The molecule has 3 N–H and O–H groups in total. The number of alkyl halides is 2. The van der Waals surface area contributed by atoms with Crippen LogP contribution in [0, 0.1) is 0 Å². The van der Waals surface area contributed by atoms with Gasteiger partial charge in [0.2, 0.25) is 6.79 Å². The first-order valence-electron chi connectivity index (χ1n) is 8.93. The molecule has 0 saturated carbocycles. The van der Waals surface area contributed by atoms with Crippen LogP contribution in [0.4, 0.5) is 8.78 Å². The number of benzene rings is 1. The minimum atomic E-state index is -2.93. The van der Waals surface area contributed by atoms with Crippen molar-refractivity contribution in [3.8, 4) is 17.2 Å². The van der Waals surface area contributed by atoms with Crippen LogP contribution in [0.2, 0.25) is 0 Å². The summed E-state index contributed by atoms with van der Waals surface area (Å²) in [5.74, 6) is 1.50. The van der Waals surface area contributed by atoms with Gasteiger partial charge >= 0.3 is 6.61 Å². The second kappa shape index (κ2) is 9.59. The highest BCUT2D eigenvalue weighted by Crippen LogP contribution is 2.38. The monoisotopic (exact) mass is 386 g/mol. The lowest BCUT2D eigenvalue weighted by molar-refractivity contribution is -0.0505. The smallest absolute Gasteiger partial charge is 0.387 e. The molecule has 1 aliphatic heterocycles. The Morgan fingerprint density at radius 2 is 1.89 bits per heavy atom. The molecule has 1 heterocycles. The molecule has 152 valence electrons. The molecule has 9 heteroatoms. The average Bonchev–Trinajstić information content (AvgIpc) is 3.02. The molecular formula is C18H28F2N4O3. The summed E-state index contributed by atoms with van der Waals surface area (Å²) in [6.07, 6.45) is 0. The molecule has 0 unspecified atom stereocenters. The van der Waals surface area contributed by atoms with Crippen molar-refractivity contribution >= 4 is 5.96 Å². The maximum atomic E-state index is 12.7. The third-order valence-corrected chi connectivity index (χ3v) is 3.60. The van der Waals surface area contributed by atoms with Crippen LogP contribution in [0.5, 0.6) is 17.2 Å². The lowest BCUT2D eigenvalue weighted by Gasteiger charge is -2.21. The number of rotatable bonds is 8. The summed E-state index contributed by atoms with van der Waals surface area (Å²) in [6.45, 7) is 7.63. The Bertz CT molecular complexity index is 648. The Balaban J connectivity index is 2.05. The van der Waals surface area contributed by atoms with Gasteiger partial charge in [-0.25, -0.2) is 4.99 Å². The summed E-state index contributed by atoms with van der Waals surface area (Å²) in [7, 11) is 0. The van der Waals surface area contributed by atoms with Crippen molar-refractivity contribution in [1.29, 1.82) is 0 Å². The minimum Gasteiger partial charge on any atom is -0.454 e. The number of hydrogen-bond acceptors (Lipinski definition) is 5. The van der Waals surface area contributed by atoms with E-state index < -0.39 is 6.61 Å². The quantitative estimate of drug-likeness (QED) is 0.362. The van der Waals surface area contributed by atoms with Crippen LogP contribution in [-0.4, -0.2) is 44.5 Å². The molecule has 0 radical (unpaired) electrons. The fourth-order valence-electron chi connectivity index (χ4n) is 2.42. The second-order valence-electron chi connectivity index (χ2n) is 6.99. The molecular weight excluding hydrogens is 358 g/mol. The maximum absolute atomic E-state index is 12.7. The first-order chi connectivity index (χ1) is 12.8. The van der Waals surface area contributed by atoms with E-state index >= 15 is 0 Å². The Kier molecular flexibility index (Phi) is 7.46. The normalized spacial score (nSPS) is 13.8. The van der Waals surface area contributed by atoms with Gasteiger partial charge in [0, 0.05) is 36.8 Å². The molecule has 0 atom stereocenters. The average molecular weight is 386 g/mol. The van der Waals surface area contributed by atoms with E-state index in [2.05, 4.69) is 46.5 Å². The van der Waals surface area contributed by atoms with Crippen molar-refractivity contribution in [1.82, 2.24) is 16.0 Å². The van der Waals surface area contributed by atoms with Crippen LogP contribution >= 0.6 is 0 Å². The van der Waals surface area contributed by atoms with Crippen molar-refractivity contribution in [3.05, 3.63) is 17.7 Å². The van der Waals surface area contributed by atoms with Gasteiger partial charge in [0.25, 0.3) is 0 Å². The molecule has 0 aliphatic carbocycles. The van der Waals surface area contributed by atoms with Gasteiger partial charge < -0.3 is 30.2 Å². The molecule has 0 fully saturated rings. The number of guanidine groups is 1. The van der Waals surface area contributed by atoms with Gasteiger partial charge in [0.05, 0.1) is 6.54 Å². The molecule has 1 aliphatic rings. The highest BCUT2D eigenvalue weighted by atomic mass is 19.3. The van der Waals surface area contributed by atoms with Crippen molar-refractivity contribution in [2.75, 3.05) is 26.4 Å². The Morgan fingerprint density at radius 1 is 1.19 bits per heavy atom. The van der Waals surface area contributed by atoms with E-state index in [4.69, 9.17) is 9.47 Å². The van der Waals surface area contributed by atoms with Gasteiger partial charge in [-0.2, -0.15) is 8.78 Å². The number of nitrogens with one attached hydrogen (secondary N) is 3. The fraction of sp³-hybridized carbons (Fsp3) is 0.611. The zero-order valence-electron chi connectivity index (χ0n) is 16.2. The van der Waals surface area contributed by atoms with E-state index in [9.17, 15) is 8.78 Å². The molecule has 1 aromatic carbocycles. The molecule has 1 aromatic rings. The maximum Gasteiger partial charge on any atom is 0.387 e. The summed E-state index contributed by atoms with van der Waals surface area (Å²) in [6, 6.07) is 3.03. The SMILES string of the molecule is CCNC(=NCc1cc2c(cc1OC(F)F)OCO2)NCCNC(C)(C)C. The predicted molar refractivity (Wildman–Crippen MR) is 99.8 cm³/mol. The molecule has 0 bridgehead atoms. The van der Waals surface area contributed by atoms with Crippen molar-refractivity contribution < 1.29 is 23.0 Å². The van der Waals surface area contributed by atoms with Crippen LogP contribution in [0.1, 0.15) is 33.3 Å². The van der Waals surface area contributed by atoms with E-state index in [0.29, 0.717) is 36.1 Å². The molecule has 7 nitrogen and oxygen atoms in total. The predicted octanol–water partition coefficient (Wildman–Crippen LogP) is 2.46. The summed E-state index contributed by atoms with van der Waals surface area (Å²) in [5, 5.41) is 9.71. The number of ether oxygens (including phenoxy) is 3. The molecule has 2 rings (SSSR count). The fourth-order valence-corrected chi connectivity index (χ4v) is 2.42. The highest BCUT2D eigenvalue weighted by Gasteiger charge is 2.20. The number of nitrogens with zero attached hydrogens (tertiary/aromatic N) is 1. The molecule has 0 amide bonds. The summed E-state index contributed by atoms with van der Waals surface area (Å²) >= 11 is 0. The number of hydrogen-bond donors (Lipinski definition) is 3. The van der Waals surface area contributed by atoms with E-state index in [1.54, 1.807) is 6.07 Å². The summed E-state index contributed by atoms with van der Waals surface area (Å²) in [4.78, 5) is 4.46. The lowest BCUT2D eigenvalue weighted by Crippen LogP contribution is -2.44. The van der Waals surface area contributed by atoms with Crippen LogP contribution in [0.25, 0.3) is 0 Å². The standard InChI is InChI=1S/C18H28F2N4O3/c1-5-21-17(22-6-7-24-18(2,3)4)23-10-12-8-14-15(26-11-25-14)9-13(12)27-16(19)20/h8-9,16,24H,5-7,10-11H2,1-4H3,(H2,21,22,23). The molecule has 27 heavy (non-hydrogen) atoms. The summed E-state index contributed by atoms with van der Waals surface area (Å²) in [5.41, 5.74) is 0.523. The van der Waals surface area contributed by atoms with Crippen LogP contribution in [0.15, 0.2) is 17.1 Å². The first-order valence-corrected chi connectivity index (χ1v) is 8.93. The second-order valence-corrected chi connectivity index (χ2v) is 6.99. The number of halogens is 2. The zero-order valence-corrected chi connectivity index (χ0v) is 16.2. The van der Waals surface area contributed by atoms with Gasteiger partial charge in [0.15, 0.2) is 17.5 Å². The first kappa shape index (κ1) is 21.0. The van der Waals surface area contributed by atoms with Crippen LogP contribution in [0.3, 0.4) is 0 Å². The van der Waals surface area contributed by atoms with Gasteiger partial charge in [-0.3, -0.25) is 0 Å². The van der Waals surface area contributed by atoms with Crippen molar-refractivity contribution in [3.63, 3.8) is 0 Å². The van der Waals surface area contributed by atoms with Crippen molar-refractivity contribution in [2.45, 2.75) is 46.4 Å². The minimum absolute atomic E-state index is 0.0308. The van der Waals surface area contributed by atoms with Gasteiger partial charge in [-0.05, 0) is 33.8 Å². The van der Waals surface area contributed by atoms with Gasteiger partial charge in [0.1, 0.15) is 5.75 Å². The topological polar surface area (TPSA) is 76.1 Å². The van der Waals surface area contributed by atoms with E-state index in [0.717, 1.165) is 6.54 Å². The Hall–Kier alpha value is -2.29. The van der Waals surface area contributed by atoms with E-state index in [-0.39, 0.29) is 24.6 Å².